The maximum atomic E-state index is 12.1. The molecule has 5 nitrogen and oxygen atoms in total. The van der Waals surface area contributed by atoms with Gasteiger partial charge in [0.1, 0.15) is 0 Å². The van der Waals surface area contributed by atoms with Gasteiger partial charge in [0.05, 0.1) is 0 Å². The number of imidazole rings is 1. The van der Waals surface area contributed by atoms with Crippen molar-refractivity contribution >= 4 is 18.1 Å². The second-order valence-electron chi connectivity index (χ2n) is 4.17. The van der Waals surface area contributed by atoms with Gasteiger partial charge in [0.2, 0.25) is 5.65 Å². The Balaban J connectivity index is 0.00000108. The van der Waals surface area contributed by atoms with Gasteiger partial charge < -0.3 is 14.3 Å². The molecule has 0 amide bonds. The van der Waals surface area contributed by atoms with Gasteiger partial charge in [-0.15, -0.1) is 12.4 Å². The summed E-state index contributed by atoms with van der Waals surface area (Å²) in [4.78, 5) is 16.2. The van der Waals surface area contributed by atoms with E-state index in [2.05, 4.69) is 10.3 Å². The van der Waals surface area contributed by atoms with E-state index in [0.29, 0.717) is 5.65 Å². The van der Waals surface area contributed by atoms with Crippen LogP contribution in [0.15, 0.2) is 29.6 Å². The van der Waals surface area contributed by atoms with Crippen LogP contribution in [-0.4, -0.2) is 27.0 Å². The summed E-state index contributed by atoms with van der Waals surface area (Å²) in [7, 11) is 0. The van der Waals surface area contributed by atoms with E-state index in [-0.39, 0.29) is 24.0 Å². The first-order valence-corrected chi connectivity index (χ1v) is 5.61. The largest absolute Gasteiger partial charge is 0.315 e. The van der Waals surface area contributed by atoms with Gasteiger partial charge >= 0.3 is 0 Å². The Morgan fingerprint density at radius 2 is 2.24 bits per heavy atom. The zero-order chi connectivity index (χ0) is 11.0. The average molecular weight is 255 g/mol. The van der Waals surface area contributed by atoms with E-state index >= 15 is 0 Å². The van der Waals surface area contributed by atoms with Crippen molar-refractivity contribution in [3.05, 3.63) is 35.1 Å². The van der Waals surface area contributed by atoms with Gasteiger partial charge in [-0.2, -0.15) is 0 Å². The van der Waals surface area contributed by atoms with Crippen LogP contribution in [0.5, 0.6) is 0 Å². The van der Waals surface area contributed by atoms with Crippen molar-refractivity contribution in [1.82, 2.24) is 19.3 Å². The van der Waals surface area contributed by atoms with Gasteiger partial charge in [-0.1, -0.05) is 0 Å². The molecule has 1 atom stereocenters. The second-order valence-corrected chi connectivity index (χ2v) is 4.17. The number of nitrogens with one attached hydrogen (secondary N) is 1. The molecule has 1 aliphatic rings. The highest BCUT2D eigenvalue weighted by Gasteiger charge is 2.16. The molecular weight excluding hydrogens is 240 g/mol. The molecule has 92 valence electrons. The van der Waals surface area contributed by atoms with Crippen molar-refractivity contribution in [2.24, 2.45) is 0 Å². The SMILES string of the molecule is Cl.O=c1c2nccn2ccn1C1CCCNC1. The van der Waals surface area contributed by atoms with E-state index in [1.165, 1.54) is 0 Å². The zero-order valence-electron chi connectivity index (χ0n) is 9.37. The Bertz CT molecular complexity index is 556. The molecule has 0 bridgehead atoms. The highest BCUT2D eigenvalue weighted by atomic mass is 35.5. The van der Waals surface area contributed by atoms with Crippen LogP contribution in [-0.2, 0) is 0 Å². The third-order valence-electron chi connectivity index (χ3n) is 3.15. The van der Waals surface area contributed by atoms with Gasteiger partial charge in [-0.05, 0) is 19.4 Å². The molecular formula is C11H15ClN4O. The number of fused-ring (bicyclic) bond motifs is 1. The first kappa shape index (κ1) is 12.1. The van der Waals surface area contributed by atoms with Gasteiger partial charge in [-0.25, -0.2) is 4.98 Å². The number of hydrogen-bond acceptors (Lipinski definition) is 3. The molecule has 1 aliphatic heterocycles. The average Bonchev–Trinajstić information content (AvgIpc) is 2.80. The lowest BCUT2D eigenvalue weighted by Crippen LogP contribution is -2.36. The van der Waals surface area contributed by atoms with E-state index in [0.717, 1.165) is 25.9 Å². The lowest BCUT2D eigenvalue weighted by atomic mass is 10.1. The van der Waals surface area contributed by atoms with Crippen LogP contribution in [0.3, 0.4) is 0 Å². The van der Waals surface area contributed by atoms with Gasteiger partial charge in [0, 0.05) is 37.4 Å². The summed E-state index contributed by atoms with van der Waals surface area (Å²) in [6, 6.07) is 0.267. The molecule has 17 heavy (non-hydrogen) atoms. The molecule has 6 heteroatoms. The quantitative estimate of drug-likeness (QED) is 0.821. The van der Waals surface area contributed by atoms with Crippen LogP contribution in [0, 0.1) is 0 Å². The van der Waals surface area contributed by atoms with Crippen molar-refractivity contribution in [3.8, 4) is 0 Å². The van der Waals surface area contributed by atoms with E-state index in [1.807, 2.05) is 12.4 Å². The van der Waals surface area contributed by atoms with Crippen LogP contribution in [0.4, 0.5) is 0 Å². The Kier molecular flexibility index (Phi) is 3.49. The fraction of sp³-hybridized carbons (Fsp3) is 0.455. The maximum absolute atomic E-state index is 12.1. The van der Waals surface area contributed by atoms with Gasteiger partial charge in [-0.3, -0.25) is 4.79 Å². The smallest absolute Gasteiger partial charge is 0.294 e. The zero-order valence-corrected chi connectivity index (χ0v) is 10.2. The Morgan fingerprint density at radius 1 is 1.35 bits per heavy atom. The molecule has 0 radical (unpaired) electrons. The van der Waals surface area contributed by atoms with Crippen LogP contribution in [0.2, 0.25) is 0 Å². The molecule has 0 aliphatic carbocycles. The summed E-state index contributed by atoms with van der Waals surface area (Å²) in [5.41, 5.74) is 0.509. The number of piperidine rings is 1. The Labute approximate surface area is 105 Å². The van der Waals surface area contributed by atoms with Crippen molar-refractivity contribution in [1.29, 1.82) is 0 Å². The molecule has 0 saturated carbocycles. The van der Waals surface area contributed by atoms with Crippen molar-refractivity contribution < 1.29 is 0 Å². The van der Waals surface area contributed by atoms with Crippen LogP contribution >= 0.6 is 12.4 Å². The summed E-state index contributed by atoms with van der Waals surface area (Å²) < 4.78 is 3.56. The van der Waals surface area contributed by atoms with E-state index in [1.54, 1.807) is 21.4 Å². The van der Waals surface area contributed by atoms with Crippen molar-refractivity contribution in [2.45, 2.75) is 18.9 Å². The minimum atomic E-state index is 0. The monoisotopic (exact) mass is 254 g/mol. The van der Waals surface area contributed by atoms with E-state index in [9.17, 15) is 4.79 Å². The first-order valence-electron chi connectivity index (χ1n) is 5.61. The number of halogens is 1. The summed E-state index contributed by atoms with van der Waals surface area (Å²) in [6.07, 6.45) is 9.37. The highest BCUT2D eigenvalue weighted by Crippen LogP contribution is 2.14. The first-order chi connectivity index (χ1) is 7.86. The molecule has 3 heterocycles. The topological polar surface area (TPSA) is 51.3 Å². The van der Waals surface area contributed by atoms with E-state index < -0.39 is 0 Å². The molecule has 2 aromatic rings. The predicted molar refractivity (Wildman–Crippen MR) is 67.8 cm³/mol. The molecule has 1 saturated heterocycles. The molecule has 1 unspecified atom stereocenters. The molecule has 1 fully saturated rings. The Morgan fingerprint density at radius 3 is 3.00 bits per heavy atom. The third kappa shape index (κ3) is 2.08. The van der Waals surface area contributed by atoms with Gasteiger partial charge in [0.25, 0.3) is 5.56 Å². The summed E-state index contributed by atoms with van der Waals surface area (Å²) >= 11 is 0. The van der Waals surface area contributed by atoms with Crippen LogP contribution in [0.25, 0.3) is 5.65 Å². The number of aromatic nitrogens is 3. The lowest BCUT2D eigenvalue weighted by Gasteiger charge is -2.24. The molecule has 1 N–H and O–H groups in total. The summed E-state index contributed by atoms with van der Waals surface area (Å²) in [5, 5.41) is 3.32. The fourth-order valence-corrected chi connectivity index (χ4v) is 2.28. The number of rotatable bonds is 1. The predicted octanol–water partition coefficient (Wildman–Crippen LogP) is 0.842. The highest BCUT2D eigenvalue weighted by molar-refractivity contribution is 5.85. The Hall–Kier alpha value is -1.33. The summed E-state index contributed by atoms with van der Waals surface area (Å²) in [5.74, 6) is 0. The van der Waals surface area contributed by atoms with Crippen molar-refractivity contribution in [3.63, 3.8) is 0 Å². The minimum absolute atomic E-state index is 0. The molecule has 0 spiro atoms. The molecule has 2 aromatic heterocycles. The minimum Gasteiger partial charge on any atom is -0.315 e. The van der Waals surface area contributed by atoms with Gasteiger partial charge in [0.15, 0.2) is 0 Å². The number of nitrogens with zero attached hydrogens (tertiary/aromatic N) is 3. The van der Waals surface area contributed by atoms with Crippen molar-refractivity contribution in [2.75, 3.05) is 13.1 Å². The van der Waals surface area contributed by atoms with Crippen LogP contribution < -0.4 is 10.9 Å². The lowest BCUT2D eigenvalue weighted by molar-refractivity contribution is 0.364. The third-order valence-corrected chi connectivity index (χ3v) is 3.15. The van der Waals surface area contributed by atoms with Crippen LogP contribution in [0.1, 0.15) is 18.9 Å². The van der Waals surface area contributed by atoms with E-state index in [4.69, 9.17) is 0 Å². The second kappa shape index (κ2) is 4.89. The number of hydrogen-bond donors (Lipinski definition) is 1. The summed E-state index contributed by atoms with van der Waals surface area (Å²) in [6.45, 7) is 1.92. The standard InChI is InChI=1S/C11H14N4O.ClH/c16-11-10-13-4-5-14(10)6-7-15(11)9-2-1-3-12-8-9;/h4-7,9,12H,1-3,8H2;1H. The molecule has 0 aromatic carbocycles. The fourth-order valence-electron chi connectivity index (χ4n) is 2.28. The maximum Gasteiger partial charge on any atom is 0.294 e. The normalized spacial score (nSPS) is 20.1. The molecule has 3 rings (SSSR count).